The quantitative estimate of drug-likeness (QED) is 0.822. The van der Waals surface area contributed by atoms with Crippen LogP contribution in [0.1, 0.15) is 16.2 Å². The van der Waals surface area contributed by atoms with Gasteiger partial charge in [0.05, 0.1) is 19.4 Å². The molecule has 2 aromatic rings. The number of carbonyl (C=O) groups excluding carboxylic acids is 1. The average molecular weight is 295 g/mol. The third kappa shape index (κ3) is 3.82. The van der Waals surface area contributed by atoms with Crippen molar-refractivity contribution in [1.29, 1.82) is 0 Å². The molecule has 6 heteroatoms. The van der Waals surface area contributed by atoms with Crippen LogP contribution in [-0.4, -0.2) is 36.1 Å². The molecule has 2 heterocycles. The lowest BCUT2D eigenvalue weighted by molar-refractivity contribution is 0.0661. The van der Waals surface area contributed by atoms with Crippen molar-refractivity contribution in [3.05, 3.63) is 53.2 Å². The van der Waals surface area contributed by atoms with Gasteiger partial charge >= 0.3 is 0 Å². The van der Waals surface area contributed by atoms with Gasteiger partial charge in [0.2, 0.25) is 0 Å². The van der Waals surface area contributed by atoms with Crippen LogP contribution in [-0.2, 0) is 11.3 Å². The molecule has 106 valence electrons. The molecular weight excluding hydrogens is 280 g/mol. The standard InChI is InChI=1S/C14H15ClN2O3/c1-19-8-6-17(10-12-3-2-7-20-12)14(18)13-9-11(15)4-5-16-13/h2-5,7,9H,6,8,10H2,1H3. The van der Waals surface area contributed by atoms with E-state index in [0.717, 1.165) is 0 Å². The van der Waals surface area contributed by atoms with E-state index in [2.05, 4.69) is 4.98 Å². The Bertz CT molecular complexity index is 557. The maximum atomic E-state index is 12.4. The topological polar surface area (TPSA) is 55.6 Å². The minimum absolute atomic E-state index is 0.207. The molecule has 0 saturated heterocycles. The summed E-state index contributed by atoms with van der Waals surface area (Å²) in [5.74, 6) is 0.498. The minimum atomic E-state index is -0.207. The Morgan fingerprint density at radius 2 is 2.35 bits per heavy atom. The third-order valence-corrected chi connectivity index (χ3v) is 2.96. The molecule has 1 amide bonds. The molecule has 2 aromatic heterocycles. The highest BCUT2D eigenvalue weighted by molar-refractivity contribution is 6.30. The number of aromatic nitrogens is 1. The first-order valence-electron chi connectivity index (χ1n) is 6.13. The summed E-state index contributed by atoms with van der Waals surface area (Å²) in [4.78, 5) is 18.1. The van der Waals surface area contributed by atoms with Crippen molar-refractivity contribution < 1.29 is 13.9 Å². The molecule has 0 N–H and O–H groups in total. The number of methoxy groups -OCH3 is 1. The van der Waals surface area contributed by atoms with Gasteiger partial charge in [-0.25, -0.2) is 0 Å². The highest BCUT2D eigenvalue weighted by atomic mass is 35.5. The van der Waals surface area contributed by atoms with Gasteiger partial charge in [-0.05, 0) is 24.3 Å². The largest absolute Gasteiger partial charge is 0.467 e. The van der Waals surface area contributed by atoms with Gasteiger partial charge < -0.3 is 14.1 Å². The summed E-state index contributed by atoms with van der Waals surface area (Å²) in [6, 6.07) is 6.78. The van der Waals surface area contributed by atoms with E-state index in [1.165, 1.54) is 6.20 Å². The van der Waals surface area contributed by atoms with Gasteiger partial charge in [-0.2, -0.15) is 0 Å². The third-order valence-electron chi connectivity index (χ3n) is 2.72. The van der Waals surface area contributed by atoms with Gasteiger partial charge in [-0.1, -0.05) is 11.6 Å². The monoisotopic (exact) mass is 294 g/mol. The predicted molar refractivity (Wildman–Crippen MR) is 74.6 cm³/mol. The summed E-state index contributed by atoms with van der Waals surface area (Å²) in [6.45, 7) is 1.25. The number of hydrogen-bond donors (Lipinski definition) is 0. The fraction of sp³-hybridized carbons (Fsp3) is 0.286. The number of nitrogens with zero attached hydrogens (tertiary/aromatic N) is 2. The average Bonchev–Trinajstić information content (AvgIpc) is 2.95. The lowest BCUT2D eigenvalue weighted by atomic mass is 10.3. The number of pyridine rings is 1. The number of hydrogen-bond acceptors (Lipinski definition) is 4. The second-order valence-electron chi connectivity index (χ2n) is 4.16. The molecule has 0 saturated carbocycles. The lowest BCUT2D eigenvalue weighted by Crippen LogP contribution is -2.33. The van der Waals surface area contributed by atoms with Crippen LogP contribution in [0.25, 0.3) is 0 Å². The molecule has 0 radical (unpaired) electrons. The summed E-state index contributed by atoms with van der Waals surface area (Å²) < 4.78 is 10.3. The summed E-state index contributed by atoms with van der Waals surface area (Å²) in [5, 5.41) is 0.480. The zero-order valence-corrected chi connectivity index (χ0v) is 11.8. The first-order valence-corrected chi connectivity index (χ1v) is 6.50. The molecule has 0 unspecified atom stereocenters. The Hall–Kier alpha value is -1.85. The van der Waals surface area contributed by atoms with Crippen molar-refractivity contribution in [2.24, 2.45) is 0 Å². The van der Waals surface area contributed by atoms with Crippen LogP contribution in [0.2, 0.25) is 5.02 Å². The van der Waals surface area contributed by atoms with E-state index in [1.807, 2.05) is 6.07 Å². The zero-order valence-electron chi connectivity index (χ0n) is 11.1. The molecule has 0 bridgehead atoms. The number of amides is 1. The lowest BCUT2D eigenvalue weighted by Gasteiger charge is -2.20. The van der Waals surface area contributed by atoms with Crippen LogP contribution < -0.4 is 0 Å². The number of halogens is 1. The maximum Gasteiger partial charge on any atom is 0.272 e. The summed E-state index contributed by atoms with van der Waals surface area (Å²) >= 11 is 5.89. The molecular formula is C14H15ClN2O3. The SMILES string of the molecule is COCCN(Cc1ccco1)C(=O)c1cc(Cl)ccn1. The molecule has 0 aliphatic carbocycles. The van der Waals surface area contributed by atoms with Crippen LogP contribution in [0, 0.1) is 0 Å². The van der Waals surface area contributed by atoms with Crippen molar-refractivity contribution in [1.82, 2.24) is 9.88 Å². The summed E-state index contributed by atoms with van der Waals surface area (Å²) in [5.41, 5.74) is 0.306. The maximum absolute atomic E-state index is 12.4. The Labute approximate surface area is 122 Å². The van der Waals surface area contributed by atoms with Gasteiger partial charge in [0.1, 0.15) is 11.5 Å². The molecule has 5 nitrogen and oxygen atoms in total. The van der Waals surface area contributed by atoms with Crippen LogP contribution in [0.4, 0.5) is 0 Å². The van der Waals surface area contributed by atoms with Gasteiger partial charge in [0.25, 0.3) is 5.91 Å². The van der Waals surface area contributed by atoms with Crippen molar-refractivity contribution in [2.45, 2.75) is 6.54 Å². The second-order valence-corrected chi connectivity index (χ2v) is 4.59. The van der Waals surface area contributed by atoms with Gasteiger partial charge in [0.15, 0.2) is 0 Å². The van der Waals surface area contributed by atoms with Crippen LogP contribution >= 0.6 is 11.6 Å². The highest BCUT2D eigenvalue weighted by Crippen LogP contribution is 2.13. The van der Waals surface area contributed by atoms with E-state index in [-0.39, 0.29) is 5.91 Å². The van der Waals surface area contributed by atoms with E-state index in [4.69, 9.17) is 20.8 Å². The van der Waals surface area contributed by atoms with Crippen LogP contribution in [0.5, 0.6) is 0 Å². The van der Waals surface area contributed by atoms with E-state index >= 15 is 0 Å². The van der Waals surface area contributed by atoms with E-state index < -0.39 is 0 Å². The summed E-state index contributed by atoms with van der Waals surface area (Å²) in [6.07, 6.45) is 3.09. The fourth-order valence-electron chi connectivity index (χ4n) is 1.73. The molecule has 0 aliphatic heterocycles. The molecule has 2 rings (SSSR count). The van der Waals surface area contributed by atoms with Crippen molar-refractivity contribution in [2.75, 3.05) is 20.3 Å². The summed E-state index contributed by atoms with van der Waals surface area (Å²) in [7, 11) is 1.59. The number of carbonyl (C=O) groups is 1. The number of furan rings is 1. The van der Waals surface area contributed by atoms with Crippen molar-refractivity contribution >= 4 is 17.5 Å². The van der Waals surface area contributed by atoms with E-state index in [1.54, 1.807) is 36.5 Å². The van der Waals surface area contributed by atoms with Crippen molar-refractivity contribution in [3.63, 3.8) is 0 Å². The number of rotatable bonds is 6. The van der Waals surface area contributed by atoms with Gasteiger partial charge in [-0.15, -0.1) is 0 Å². The van der Waals surface area contributed by atoms with Gasteiger partial charge in [-0.3, -0.25) is 9.78 Å². The van der Waals surface area contributed by atoms with Crippen molar-refractivity contribution in [3.8, 4) is 0 Å². The number of ether oxygens (including phenoxy) is 1. The van der Waals surface area contributed by atoms with Crippen LogP contribution in [0.15, 0.2) is 41.1 Å². The molecule has 20 heavy (non-hydrogen) atoms. The fourth-order valence-corrected chi connectivity index (χ4v) is 1.89. The second kappa shape index (κ2) is 7.07. The van der Waals surface area contributed by atoms with E-state index in [9.17, 15) is 4.79 Å². The van der Waals surface area contributed by atoms with E-state index in [0.29, 0.717) is 36.2 Å². The molecule has 0 fully saturated rings. The molecule has 0 aromatic carbocycles. The van der Waals surface area contributed by atoms with Crippen LogP contribution in [0.3, 0.4) is 0 Å². The van der Waals surface area contributed by atoms with Gasteiger partial charge in [0, 0.05) is 24.9 Å². The molecule has 0 aliphatic rings. The Morgan fingerprint density at radius 3 is 3.00 bits per heavy atom. The Morgan fingerprint density at radius 1 is 1.50 bits per heavy atom. The highest BCUT2D eigenvalue weighted by Gasteiger charge is 2.18. The molecule has 0 spiro atoms. The Balaban J connectivity index is 2.14. The first-order chi connectivity index (χ1) is 9.70. The Kier molecular flexibility index (Phi) is 5.15. The first kappa shape index (κ1) is 14.6. The normalized spacial score (nSPS) is 10.5. The zero-order chi connectivity index (χ0) is 14.4. The molecule has 0 atom stereocenters. The minimum Gasteiger partial charge on any atom is -0.467 e. The smallest absolute Gasteiger partial charge is 0.272 e. The predicted octanol–water partition coefficient (Wildman–Crippen LogP) is 2.62.